The summed E-state index contributed by atoms with van der Waals surface area (Å²) in [6.45, 7) is 3.76. The first-order chi connectivity index (χ1) is 14.3. The highest BCUT2D eigenvalue weighted by molar-refractivity contribution is 5.93. The van der Waals surface area contributed by atoms with Crippen LogP contribution in [0, 0.1) is 23.2 Å². The molecule has 2 aromatic rings. The summed E-state index contributed by atoms with van der Waals surface area (Å²) >= 11 is 0. The average Bonchev–Trinajstić information content (AvgIpc) is 3.54. The van der Waals surface area contributed by atoms with E-state index in [1.807, 2.05) is 18.2 Å². The number of nitriles is 1. The number of hydrogen-bond acceptors (Lipinski definition) is 7. The lowest BCUT2D eigenvalue weighted by Gasteiger charge is -2.41. The molecule has 2 aliphatic rings. The first-order valence-corrected chi connectivity index (χ1v) is 9.85. The van der Waals surface area contributed by atoms with Crippen molar-refractivity contribution in [1.29, 1.82) is 5.26 Å². The van der Waals surface area contributed by atoms with Crippen LogP contribution < -0.4 is 16.4 Å². The Morgan fingerprint density at radius 3 is 2.40 bits per heavy atom. The quantitative estimate of drug-likeness (QED) is 0.727. The van der Waals surface area contributed by atoms with Crippen molar-refractivity contribution in [2.75, 3.05) is 17.7 Å². The molecule has 2 atom stereocenters. The van der Waals surface area contributed by atoms with Crippen LogP contribution in [0.3, 0.4) is 0 Å². The van der Waals surface area contributed by atoms with E-state index in [1.54, 1.807) is 0 Å². The van der Waals surface area contributed by atoms with Gasteiger partial charge >= 0.3 is 0 Å². The molecule has 1 aliphatic carbocycles. The number of aldehydes is 1. The van der Waals surface area contributed by atoms with Crippen LogP contribution in [0.4, 0.5) is 11.6 Å². The van der Waals surface area contributed by atoms with E-state index in [0.717, 1.165) is 18.6 Å². The summed E-state index contributed by atoms with van der Waals surface area (Å²) in [7, 11) is 2.18. The van der Waals surface area contributed by atoms with Crippen LogP contribution >= 0.6 is 0 Å². The third-order valence-electron chi connectivity index (χ3n) is 5.22. The number of carbonyl (C=O) groups is 2. The summed E-state index contributed by atoms with van der Waals surface area (Å²) in [5.74, 6) is 1.37. The van der Waals surface area contributed by atoms with Crippen molar-refractivity contribution in [2.24, 2.45) is 17.6 Å². The van der Waals surface area contributed by atoms with Crippen molar-refractivity contribution in [3.8, 4) is 6.07 Å². The number of aromatic nitrogens is 2. The Balaban J connectivity index is 0.000000224. The van der Waals surface area contributed by atoms with Crippen LogP contribution in [-0.4, -0.2) is 35.3 Å². The molecule has 1 unspecified atom stereocenters. The molecule has 0 bridgehead atoms. The zero-order valence-electron chi connectivity index (χ0n) is 17.6. The maximum Gasteiger partial charge on any atom is 0.248 e. The molecule has 4 N–H and O–H groups in total. The number of amides is 1. The van der Waals surface area contributed by atoms with Gasteiger partial charge in [-0.1, -0.05) is 6.92 Å². The Bertz CT molecular complexity index is 918. The Morgan fingerprint density at radius 2 is 1.90 bits per heavy atom. The third-order valence-corrected chi connectivity index (χ3v) is 5.22. The van der Waals surface area contributed by atoms with Gasteiger partial charge in [-0.15, -0.1) is 0 Å². The van der Waals surface area contributed by atoms with Crippen molar-refractivity contribution in [2.45, 2.75) is 39.2 Å². The molecule has 0 saturated heterocycles. The fourth-order valence-corrected chi connectivity index (χ4v) is 3.87. The molecule has 0 radical (unpaired) electrons. The Labute approximate surface area is 176 Å². The largest absolute Gasteiger partial charge is 0.371 e. The van der Waals surface area contributed by atoms with Crippen LogP contribution in [-0.2, 0) is 11.2 Å². The summed E-state index contributed by atoms with van der Waals surface area (Å²) in [6.07, 6.45) is 7.30. The fraction of sp³-hybridized carbons (Fsp3) is 0.409. The second kappa shape index (κ2) is 10.3. The number of nitrogens with two attached hydrogens (primary N) is 2. The lowest BCUT2D eigenvalue weighted by atomic mass is 9.84. The number of nitrogen functional groups attached to an aromatic ring is 1. The highest BCUT2D eigenvalue weighted by atomic mass is 16.1. The molecule has 30 heavy (non-hydrogen) atoms. The van der Waals surface area contributed by atoms with Gasteiger partial charge in [-0.3, -0.25) is 4.79 Å². The number of primary amides is 1. The molecular weight excluding hydrogens is 380 g/mol. The third kappa shape index (κ3) is 5.77. The molecule has 8 heteroatoms. The van der Waals surface area contributed by atoms with Crippen molar-refractivity contribution < 1.29 is 9.59 Å². The first kappa shape index (κ1) is 22.8. The van der Waals surface area contributed by atoms with Crippen LogP contribution in [0.5, 0.6) is 0 Å². The van der Waals surface area contributed by atoms with Gasteiger partial charge < -0.3 is 21.2 Å². The van der Waals surface area contributed by atoms with Crippen molar-refractivity contribution in [3.63, 3.8) is 0 Å². The second-order valence-corrected chi connectivity index (χ2v) is 7.51. The van der Waals surface area contributed by atoms with Crippen LogP contribution in [0.15, 0.2) is 30.6 Å². The van der Waals surface area contributed by atoms with E-state index in [4.69, 9.17) is 21.5 Å². The van der Waals surface area contributed by atoms with Gasteiger partial charge in [0.15, 0.2) is 0 Å². The Morgan fingerprint density at radius 1 is 1.30 bits per heavy atom. The monoisotopic (exact) mass is 408 g/mol. The van der Waals surface area contributed by atoms with Crippen molar-refractivity contribution >= 4 is 23.8 Å². The van der Waals surface area contributed by atoms with E-state index in [-0.39, 0.29) is 11.9 Å². The van der Waals surface area contributed by atoms with Crippen molar-refractivity contribution in [1.82, 2.24) is 9.97 Å². The number of anilines is 2. The van der Waals surface area contributed by atoms with E-state index in [1.165, 1.54) is 43.4 Å². The Hall–Kier alpha value is -3.47. The van der Waals surface area contributed by atoms with E-state index in [2.05, 4.69) is 34.9 Å². The number of fused-ring (bicyclic) bond motifs is 1. The summed E-state index contributed by atoms with van der Waals surface area (Å²) < 4.78 is 0. The van der Waals surface area contributed by atoms with Crippen LogP contribution in [0.25, 0.3) is 0 Å². The smallest absolute Gasteiger partial charge is 0.248 e. The first-order valence-electron chi connectivity index (χ1n) is 9.85. The predicted molar refractivity (Wildman–Crippen MR) is 116 cm³/mol. The summed E-state index contributed by atoms with van der Waals surface area (Å²) in [5, 5.41) is 8.26. The zero-order valence-corrected chi connectivity index (χ0v) is 17.6. The molecule has 1 fully saturated rings. The maximum atomic E-state index is 11.2. The molecule has 4 rings (SSSR count). The standard InChI is InChI=1S/C15H20N2O.C5H4N4.C2H4O/c1-9-7-12-8-11(15(16)18)5-6-13(12)17(2)14(9)10-3-4-10;6-1-4-2-8-5(7)9-3-4;1-2-3/h5-6,8-10,14H,3-4,7H2,1-2H3,(H2,16,18);2-3H,(H2,7,8,9);2H,1H3/t9?,14-;;/m1../s1. The topological polar surface area (TPSA) is 139 Å². The van der Waals surface area contributed by atoms with Crippen LogP contribution in [0.2, 0.25) is 0 Å². The lowest BCUT2D eigenvalue weighted by molar-refractivity contribution is -0.106. The molecular formula is C22H28N6O2. The minimum atomic E-state index is -0.336. The van der Waals surface area contributed by atoms with Crippen molar-refractivity contribution in [3.05, 3.63) is 47.3 Å². The molecule has 8 nitrogen and oxygen atoms in total. The highest BCUT2D eigenvalue weighted by Crippen LogP contribution is 2.44. The minimum Gasteiger partial charge on any atom is -0.371 e. The molecule has 1 aromatic heterocycles. The fourth-order valence-electron chi connectivity index (χ4n) is 3.87. The van der Waals surface area contributed by atoms with E-state index in [9.17, 15) is 4.79 Å². The van der Waals surface area contributed by atoms with Gasteiger partial charge in [0, 0.05) is 24.3 Å². The minimum absolute atomic E-state index is 0.189. The zero-order chi connectivity index (χ0) is 22.3. The molecule has 2 heterocycles. The maximum absolute atomic E-state index is 11.2. The molecule has 1 amide bonds. The number of benzene rings is 1. The predicted octanol–water partition coefficient (Wildman–Crippen LogP) is 2.33. The van der Waals surface area contributed by atoms with Gasteiger partial charge in [0.25, 0.3) is 0 Å². The van der Waals surface area contributed by atoms with Gasteiger partial charge in [0.1, 0.15) is 12.4 Å². The SMILES string of the molecule is CC1Cc2cc(C(N)=O)ccc2N(C)[C@H]1C1CC1.CC=O.N#Cc1cnc(N)nc1. The second-order valence-electron chi connectivity index (χ2n) is 7.51. The van der Waals surface area contributed by atoms with Gasteiger partial charge in [-0.2, -0.15) is 5.26 Å². The highest BCUT2D eigenvalue weighted by Gasteiger charge is 2.40. The number of rotatable bonds is 2. The summed E-state index contributed by atoms with van der Waals surface area (Å²) in [6, 6.07) is 8.40. The lowest BCUT2D eigenvalue weighted by Crippen LogP contribution is -2.43. The summed E-state index contributed by atoms with van der Waals surface area (Å²) in [4.78, 5) is 29.6. The normalized spacial score (nSPS) is 19.1. The number of carbonyl (C=O) groups excluding carboxylic acids is 2. The summed E-state index contributed by atoms with van der Waals surface area (Å²) in [5.41, 5.74) is 14.1. The van der Waals surface area contributed by atoms with Gasteiger partial charge in [0.05, 0.1) is 18.0 Å². The Kier molecular flexibility index (Phi) is 7.87. The van der Waals surface area contributed by atoms with Gasteiger partial charge in [0.2, 0.25) is 11.9 Å². The molecule has 0 spiro atoms. The van der Waals surface area contributed by atoms with E-state index >= 15 is 0 Å². The molecule has 1 aromatic carbocycles. The molecule has 158 valence electrons. The van der Waals surface area contributed by atoms with E-state index in [0.29, 0.717) is 23.1 Å². The van der Waals surface area contributed by atoms with Gasteiger partial charge in [-0.05, 0) is 61.8 Å². The van der Waals surface area contributed by atoms with E-state index < -0.39 is 0 Å². The average molecular weight is 409 g/mol. The molecule has 1 saturated carbocycles. The number of hydrogen-bond donors (Lipinski definition) is 2. The molecule has 1 aliphatic heterocycles. The van der Waals surface area contributed by atoms with Crippen LogP contribution in [0.1, 0.15) is 48.2 Å². The number of nitrogens with zero attached hydrogens (tertiary/aromatic N) is 4. The van der Waals surface area contributed by atoms with Gasteiger partial charge in [-0.25, -0.2) is 9.97 Å².